The molecule has 1 atom stereocenters. The fraction of sp³-hybridized carbons (Fsp3) is 0.538. The Balaban J connectivity index is 2.55. The van der Waals surface area contributed by atoms with Crippen molar-refractivity contribution in [3.05, 3.63) is 33.3 Å². The normalized spacial score (nSPS) is 22.3. The van der Waals surface area contributed by atoms with E-state index in [-0.39, 0.29) is 10.8 Å². The lowest BCUT2D eigenvalue weighted by Crippen LogP contribution is -2.40. The van der Waals surface area contributed by atoms with E-state index in [4.69, 9.17) is 23.2 Å². The molecule has 94 valence electrons. The monoisotopic (exact) mass is 289 g/mol. The molecule has 0 aromatic heterocycles. The van der Waals surface area contributed by atoms with E-state index in [0.29, 0.717) is 0 Å². The summed E-state index contributed by atoms with van der Waals surface area (Å²) in [5, 5.41) is 5.19. The van der Waals surface area contributed by atoms with Gasteiger partial charge >= 0.3 is 0 Å². The summed E-state index contributed by atoms with van der Waals surface area (Å²) in [5.74, 6) is 0.934. The second-order valence-corrected chi connectivity index (χ2v) is 7.25. The van der Waals surface area contributed by atoms with Gasteiger partial charge in [-0.2, -0.15) is 0 Å². The largest absolute Gasteiger partial charge is 0.309 e. The van der Waals surface area contributed by atoms with Crippen LogP contribution in [0.5, 0.6) is 0 Å². The van der Waals surface area contributed by atoms with Crippen molar-refractivity contribution in [1.82, 2.24) is 5.32 Å². The second-order valence-electron chi connectivity index (χ2n) is 4.80. The number of hydrogen-bond acceptors (Lipinski definition) is 2. The minimum atomic E-state index is 0.136. The van der Waals surface area contributed by atoms with Crippen LogP contribution in [0.25, 0.3) is 0 Å². The Morgan fingerprint density at radius 1 is 1.35 bits per heavy atom. The molecule has 0 spiro atoms. The van der Waals surface area contributed by atoms with E-state index in [1.54, 1.807) is 0 Å². The van der Waals surface area contributed by atoms with E-state index >= 15 is 0 Å². The van der Waals surface area contributed by atoms with Crippen molar-refractivity contribution in [2.75, 3.05) is 6.54 Å². The van der Waals surface area contributed by atoms with Crippen molar-refractivity contribution in [1.29, 1.82) is 0 Å². The minimum Gasteiger partial charge on any atom is -0.309 e. The fourth-order valence-corrected chi connectivity index (χ4v) is 4.10. The molecule has 1 N–H and O–H groups in total. The van der Waals surface area contributed by atoms with Gasteiger partial charge in [0.1, 0.15) is 0 Å². The Morgan fingerprint density at radius 2 is 2.00 bits per heavy atom. The van der Waals surface area contributed by atoms with Gasteiger partial charge in [-0.3, -0.25) is 0 Å². The summed E-state index contributed by atoms with van der Waals surface area (Å²) in [5.41, 5.74) is 2.37. The molecule has 0 bridgehead atoms. The molecule has 0 radical (unpaired) electrons. The standard InChI is InChI=1S/C13H17Cl2NS/c1-4-16-12-11-8(7-17-13(12,2)3)9(14)5-6-10(11)15/h5-6,12,16H,4,7H2,1-3H3. The van der Waals surface area contributed by atoms with Gasteiger partial charge in [0.2, 0.25) is 0 Å². The third-order valence-corrected chi connectivity index (χ3v) is 5.32. The van der Waals surface area contributed by atoms with Gasteiger partial charge in [0.25, 0.3) is 0 Å². The van der Waals surface area contributed by atoms with Gasteiger partial charge in [-0.05, 0) is 43.7 Å². The molecule has 0 saturated carbocycles. The van der Waals surface area contributed by atoms with Gasteiger partial charge < -0.3 is 5.32 Å². The van der Waals surface area contributed by atoms with Crippen molar-refractivity contribution >= 4 is 35.0 Å². The number of hydrogen-bond donors (Lipinski definition) is 1. The van der Waals surface area contributed by atoms with E-state index in [9.17, 15) is 0 Å². The summed E-state index contributed by atoms with van der Waals surface area (Å²) in [6.07, 6.45) is 0. The molecule has 2 rings (SSSR count). The molecular weight excluding hydrogens is 273 g/mol. The Labute approximate surface area is 117 Å². The maximum absolute atomic E-state index is 6.36. The average Bonchev–Trinajstić information content (AvgIpc) is 2.27. The predicted molar refractivity (Wildman–Crippen MR) is 78.3 cm³/mol. The van der Waals surface area contributed by atoms with Crippen LogP contribution in [-0.4, -0.2) is 11.3 Å². The topological polar surface area (TPSA) is 12.0 Å². The number of rotatable bonds is 2. The molecule has 1 aromatic carbocycles. The van der Waals surface area contributed by atoms with Gasteiger partial charge in [0.05, 0.1) is 0 Å². The zero-order valence-corrected chi connectivity index (χ0v) is 12.6. The first kappa shape index (κ1) is 13.5. The van der Waals surface area contributed by atoms with Crippen molar-refractivity contribution in [2.24, 2.45) is 0 Å². The molecule has 1 aliphatic rings. The molecule has 1 aromatic rings. The molecule has 1 heterocycles. The first-order chi connectivity index (χ1) is 7.97. The molecule has 1 aliphatic heterocycles. The highest BCUT2D eigenvalue weighted by Crippen LogP contribution is 2.49. The number of nitrogens with one attached hydrogen (secondary N) is 1. The Hall–Kier alpha value is 0.110. The predicted octanol–water partition coefficient (Wildman–Crippen LogP) is 4.67. The van der Waals surface area contributed by atoms with E-state index in [1.165, 1.54) is 11.1 Å². The molecule has 4 heteroatoms. The average molecular weight is 290 g/mol. The van der Waals surface area contributed by atoms with Gasteiger partial charge in [0.15, 0.2) is 0 Å². The Bertz CT molecular complexity index is 432. The van der Waals surface area contributed by atoms with Crippen LogP contribution < -0.4 is 5.32 Å². The smallest absolute Gasteiger partial charge is 0.0482 e. The van der Waals surface area contributed by atoms with Crippen molar-refractivity contribution in [3.8, 4) is 0 Å². The number of halogens is 2. The van der Waals surface area contributed by atoms with E-state index < -0.39 is 0 Å². The highest BCUT2D eigenvalue weighted by Gasteiger charge is 2.38. The highest BCUT2D eigenvalue weighted by atomic mass is 35.5. The van der Waals surface area contributed by atoms with Crippen LogP contribution in [0.1, 0.15) is 37.9 Å². The lowest BCUT2D eigenvalue weighted by molar-refractivity contribution is 0.450. The van der Waals surface area contributed by atoms with Crippen LogP contribution in [0.4, 0.5) is 0 Å². The van der Waals surface area contributed by atoms with Gasteiger partial charge in [-0.25, -0.2) is 0 Å². The molecule has 1 unspecified atom stereocenters. The number of thioether (sulfide) groups is 1. The summed E-state index contributed by atoms with van der Waals surface area (Å²) in [6, 6.07) is 4.05. The lowest BCUT2D eigenvalue weighted by Gasteiger charge is -2.40. The van der Waals surface area contributed by atoms with Gasteiger partial charge in [0, 0.05) is 26.6 Å². The number of benzene rings is 1. The molecule has 17 heavy (non-hydrogen) atoms. The molecule has 1 nitrogen and oxygen atoms in total. The molecule has 0 saturated heterocycles. The van der Waals surface area contributed by atoms with Crippen LogP contribution in [0.2, 0.25) is 10.0 Å². The molecule has 0 aliphatic carbocycles. The molecular formula is C13H17Cl2NS. The highest BCUT2D eigenvalue weighted by molar-refractivity contribution is 8.00. The summed E-state index contributed by atoms with van der Waals surface area (Å²) < 4.78 is 0.136. The van der Waals surface area contributed by atoms with Gasteiger partial charge in [-0.1, -0.05) is 30.1 Å². The second kappa shape index (κ2) is 5.00. The van der Waals surface area contributed by atoms with Crippen molar-refractivity contribution in [3.63, 3.8) is 0 Å². The maximum Gasteiger partial charge on any atom is 0.0482 e. The Kier molecular flexibility index (Phi) is 3.99. The minimum absolute atomic E-state index is 0.136. The fourth-order valence-electron chi connectivity index (χ4n) is 2.31. The lowest BCUT2D eigenvalue weighted by atomic mass is 9.91. The van der Waals surface area contributed by atoms with E-state index in [1.807, 2.05) is 23.9 Å². The summed E-state index contributed by atoms with van der Waals surface area (Å²) in [7, 11) is 0. The zero-order valence-electron chi connectivity index (χ0n) is 10.3. The van der Waals surface area contributed by atoms with Crippen LogP contribution in [0, 0.1) is 0 Å². The first-order valence-electron chi connectivity index (χ1n) is 5.81. The van der Waals surface area contributed by atoms with Crippen LogP contribution in [0.3, 0.4) is 0 Å². The van der Waals surface area contributed by atoms with Gasteiger partial charge in [-0.15, -0.1) is 11.8 Å². The summed E-state index contributed by atoms with van der Waals surface area (Å²) in [4.78, 5) is 0. The van der Waals surface area contributed by atoms with E-state index in [0.717, 1.165) is 22.3 Å². The summed E-state index contributed by atoms with van der Waals surface area (Å²) in [6.45, 7) is 7.56. The Morgan fingerprint density at radius 3 is 2.65 bits per heavy atom. The summed E-state index contributed by atoms with van der Waals surface area (Å²) >= 11 is 14.6. The quantitative estimate of drug-likeness (QED) is 0.849. The van der Waals surface area contributed by atoms with E-state index in [2.05, 4.69) is 26.1 Å². The number of fused-ring (bicyclic) bond motifs is 1. The molecule has 0 amide bonds. The zero-order chi connectivity index (χ0) is 12.6. The van der Waals surface area contributed by atoms with Crippen LogP contribution >= 0.6 is 35.0 Å². The SMILES string of the molecule is CCNC1c2c(Cl)ccc(Cl)c2CSC1(C)C. The van der Waals surface area contributed by atoms with Crippen molar-refractivity contribution < 1.29 is 0 Å². The third kappa shape index (κ3) is 2.46. The maximum atomic E-state index is 6.36. The van der Waals surface area contributed by atoms with Crippen LogP contribution in [-0.2, 0) is 5.75 Å². The van der Waals surface area contributed by atoms with Crippen molar-refractivity contribution in [2.45, 2.75) is 37.3 Å². The molecule has 0 fully saturated rings. The van der Waals surface area contributed by atoms with Crippen LogP contribution in [0.15, 0.2) is 12.1 Å². The third-order valence-electron chi connectivity index (χ3n) is 3.23. The first-order valence-corrected chi connectivity index (χ1v) is 7.55.